The molecule has 0 fully saturated rings. The third kappa shape index (κ3) is 4.40. The molecule has 0 saturated carbocycles. The van der Waals surface area contributed by atoms with Crippen LogP contribution in [0.3, 0.4) is 0 Å². The van der Waals surface area contributed by atoms with Crippen molar-refractivity contribution < 1.29 is 0 Å². The summed E-state index contributed by atoms with van der Waals surface area (Å²) in [5, 5.41) is 1.07. The maximum atomic E-state index is 4.37. The molecule has 0 saturated heterocycles. The number of rotatable bonds is 7. The summed E-state index contributed by atoms with van der Waals surface area (Å²) in [7, 11) is 2.18. The van der Waals surface area contributed by atoms with Crippen molar-refractivity contribution in [2.45, 2.75) is 33.2 Å². The summed E-state index contributed by atoms with van der Waals surface area (Å²) in [5.41, 5.74) is 1.54. The van der Waals surface area contributed by atoms with Crippen LogP contribution in [-0.2, 0) is 6.54 Å². The highest BCUT2D eigenvalue weighted by atomic mass is 79.9. The molecular weight excluding hydrogens is 276 g/mol. The molecule has 0 spiro atoms. The Labute approximate surface area is 114 Å². The van der Waals surface area contributed by atoms with Crippen LogP contribution >= 0.6 is 15.9 Å². The van der Waals surface area contributed by atoms with Crippen molar-refractivity contribution in [3.63, 3.8) is 0 Å². The first kappa shape index (κ1) is 14.7. The SMILES string of the molecule is CCC(CC)(CBr)CN(C)Cc1ccccn1. The van der Waals surface area contributed by atoms with Gasteiger partial charge in [-0.15, -0.1) is 0 Å². The van der Waals surface area contributed by atoms with Crippen LogP contribution in [0.1, 0.15) is 32.4 Å². The molecule has 0 unspecified atom stereocenters. The maximum absolute atomic E-state index is 4.37. The number of hydrogen-bond donors (Lipinski definition) is 0. The number of alkyl halides is 1. The van der Waals surface area contributed by atoms with E-state index in [9.17, 15) is 0 Å². The normalized spacial score (nSPS) is 12.1. The lowest BCUT2D eigenvalue weighted by Crippen LogP contribution is -2.36. The molecule has 3 heteroatoms. The van der Waals surface area contributed by atoms with Gasteiger partial charge in [0, 0.05) is 24.6 Å². The smallest absolute Gasteiger partial charge is 0.0543 e. The number of pyridine rings is 1. The van der Waals surface area contributed by atoms with Crippen LogP contribution in [0.25, 0.3) is 0 Å². The summed E-state index contributed by atoms with van der Waals surface area (Å²) in [5.74, 6) is 0. The van der Waals surface area contributed by atoms with Crippen LogP contribution in [0.4, 0.5) is 0 Å². The monoisotopic (exact) mass is 298 g/mol. The van der Waals surface area contributed by atoms with E-state index in [0.29, 0.717) is 5.41 Å². The third-order valence-electron chi connectivity index (χ3n) is 3.55. The van der Waals surface area contributed by atoms with Crippen LogP contribution in [0.5, 0.6) is 0 Å². The first-order valence-electron chi connectivity index (χ1n) is 6.30. The van der Waals surface area contributed by atoms with Crippen LogP contribution < -0.4 is 0 Å². The van der Waals surface area contributed by atoms with Crippen LogP contribution in [0.15, 0.2) is 24.4 Å². The summed E-state index contributed by atoms with van der Waals surface area (Å²) >= 11 is 3.67. The Bertz CT molecular complexity index is 301. The van der Waals surface area contributed by atoms with Gasteiger partial charge in [-0.25, -0.2) is 0 Å². The van der Waals surface area contributed by atoms with E-state index in [0.717, 1.165) is 24.1 Å². The first-order valence-corrected chi connectivity index (χ1v) is 7.42. The summed E-state index contributed by atoms with van der Waals surface area (Å²) in [4.78, 5) is 6.74. The molecule has 0 aromatic carbocycles. The molecule has 0 aliphatic rings. The van der Waals surface area contributed by atoms with Crippen molar-refractivity contribution in [3.05, 3.63) is 30.1 Å². The second-order valence-electron chi connectivity index (χ2n) is 4.83. The minimum absolute atomic E-state index is 0.392. The van der Waals surface area contributed by atoms with Gasteiger partial charge in [0.25, 0.3) is 0 Å². The van der Waals surface area contributed by atoms with Gasteiger partial charge in [-0.3, -0.25) is 9.88 Å². The zero-order valence-electron chi connectivity index (χ0n) is 11.1. The molecule has 1 heterocycles. The fourth-order valence-corrected chi connectivity index (χ4v) is 3.07. The molecular formula is C14H23BrN2. The van der Waals surface area contributed by atoms with Gasteiger partial charge >= 0.3 is 0 Å². The predicted molar refractivity (Wildman–Crippen MR) is 77.4 cm³/mol. The predicted octanol–water partition coefficient (Wildman–Crippen LogP) is 3.71. The van der Waals surface area contributed by atoms with E-state index in [1.807, 2.05) is 18.3 Å². The Balaban J connectivity index is 2.56. The number of nitrogens with zero attached hydrogens (tertiary/aromatic N) is 2. The molecule has 1 aromatic rings. The average Bonchev–Trinajstić information content (AvgIpc) is 2.37. The van der Waals surface area contributed by atoms with E-state index in [4.69, 9.17) is 0 Å². The molecule has 17 heavy (non-hydrogen) atoms. The van der Waals surface area contributed by atoms with Crippen molar-refractivity contribution in [1.82, 2.24) is 9.88 Å². The van der Waals surface area contributed by atoms with Gasteiger partial charge < -0.3 is 0 Å². The Kier molecular flexibility index (Phi) is 6.14. The van der Waals surface area contributed by atoms with Gasteiger partial charge in [-0.1, -0.05) is 35.8 Å². The molecule has 0 aliphatic heterocycles. The zero-order valence-corrected chi connectivity index (χ0v) is 12.7. The molecule has 0 bridgehead atoms. The van der Waals surface area contributed by atoms with E-state index in [1.165, 1.54) is 12.8 Å². The molecule has 0 aliphatic carbocycles. The van der Waals surface area contributed by atoms with Gasteiger partial charge in [-0.2, -0.15) is 0 Å². The number of halogens is 1. The highest BCUT2D eigenvalue weighted by Gasteiger charge is 2.26. The Morgan fingerprint density at radius 2 is 2.00 bits per heavy atom. The fourth-order valence-electron chi connectivity index (χ4n) is 2.10. The number of aromatic nitrogens is 1. The summed E-state index contributed by atoms with van der Waals surface area (Å²) in [6, 6.07) is 6.10. The molecule has 0 amide bonds. The summed E-state index contributed by atoms with van der Waals surface area (Å²) in [6.07, 6.45) is 4.28. The number of hydrogen-bond acceptors (Lipinski definition) is 2. The highest BCUT2D eigenvalue weighted by molar-refractivity contribution is 9.09. The summed E-state index contributed by atoms with van der Waals surface area (Å²) < 4.78 is 0. The summed E-state index contributed by atoms with van der Waals surface area (Å²) in [6.45, 7) is 6.59. The minimum atomic E-state index is 0.392. The van der Waals surface area contributed by atoms with Gasteiger partial charge in [0.15, 0.2) is 0 Å². The van der Waals surface area contributed by atoms with Gasteiger partial charge in [0.2, 0.25) is 0 Å². The zero-order chi connectivity index (χ0) is 12.7. The second kappa shape index (κ2) is 7.12. The fraction of sp³-hybridized carbons (Fsp3) is 0.643. The molecule has 0 atom stereocenters. The van der Waals surface area contributed by atoms with Crippen molar-refractivity contribution >= 4 is 15.9 Å². The Hall–Kier alpha value is -0.410. The lowest BCUT2D eigenvalue weighted by molar-refractivity contribution is 0.179. The van der Waals surface area contributed by atoms with E-state index >= 15 is 0 Å². The maximum Gasteiger partial charge on any atom is 0.0543 e. The van der Waals surface area contributed by atoms with Crippen LogP contribution in [0, 0.1) is 5.41 Å². The topological polar surface area (TPSA) is 16.1 Å². The van der Waals surface area contributed by atoms with Crippen molar-refractivity contribution in [2.75, 3.05) is 18.9 Å². The molecule has 0 N–H and O–H groups in total. The van der Waals surface area contributed by atoms with Gasteiger partial charge in [0.1, 0.15) is 0 Å². The largest absolute Gasteiger partial charge is 0.300 e. The van der Waals surface area contributed by atoms with Crippen LogP contribution in [0.2, 0.25) is 0 Å². The van der Waals surface area contributed by atoms with Gasteiger partial charge in [-0.05, 0) is 37.4 Å². The highest BCUT2D eigenvalue weighted by Crippen LogP contribution is 2.29. The quantitative estimate of drug-likeness (QED) is 0.713. The minimum Gasteiger partial charge on any atom is -0.300 e. The molecule has 2 nitrogen and oxygen atoms in total. The average molecular weight is 299 g/mol. The molecule has 0 radical (unpaired) electrons. The lowest BCUT2D eigenvalue weighted by atomic mass is 9.84. The van der Waals surface area contributed by atoms with Crippen molar-refractivity contribution in [2.24, 2.45) is 5.41 Å². The third-order valence-corrected chi connectivity index (χ3v) is 4.74. The second-order valence-corrected chi connectivity index (χ2v) is 5.39. The van der Waals surface area contributed by atoms with Crippen molar-refractivity contribution in [1.29, 1.82) is 0 Å². The van der Waals surface area contributed by atoms with Crippen LogP contribution in [-0.4, -0.2) is 28.8 Å². The van der Waals surface area contributed by atoms with E-state index in [1.54, 1.807) is 0 Å². The standard InChI is InChI=1S/C14H23BrN2/c1-4-14(5-2,11-15)12-17(3)10-13-8-6-7-9-16-13/h6-9H,4-5,10-12H2,1-3H3. The van der Waals surface area contributed by atoms with E-state index < -0.39 is 0 Å². The lowest BCUT2D eigenvalue weighted by Gasteiger charge is -2.34. The first-order chi connectivity index (χ1) is 8.15. The molecule has 1 aromatic heterocycles. The van der Waals surface area contributed by atoms with Gasteiger partial charge in [0.05, 0.1) is 5.69 Å². The Morgan fingerprint density at radius 1 is 1.29 bits per heavy atom. The van der Waals surface area contributed by atoms with Crippen molar-refractivity contribution in [3.8, 4) is 0 Å². The Morgan fingerprint density at radius 3 is 2.47 bits per heavy atom. The van der Waals surface area contributed by atoms with E-state index in [2.05, 4.69) is 52.8 Å². The molecule has 1 rings (SSSR count). The van der Waals surface area contributed by atoms with E-state index in [-0.39, 0.29) is 0 Å². The molecule has 96 valence electrons.